The van der Waals surface area contributed by atoms with Crippen LogP contribution < -0.4 is 4.90 Å². The lowest BCUT2D eigenvalue weighted by atomic mass is 10.1. The Bertz CT molecular complexity index is 351. The predicted molar refractivity (Wildman–Crippen MR) is 60.2 cm³/mol. The third kappa shape index (κ3) is 2.48. The van der Waals surface area contributed by atoms with Gasteiger partial charge in [0.15, 0.2) is 0 Å². The number of nitrogens with zero attached hydrogens (tertiary/aromatic N) is 3. The minimum absolute atomic E-state index is 0.0676. The molecule has 2 heterocycles. The van der Waals surface area contributed by atoms with E-state index in [1.54, 1.807) is 12.4 Å². The first-order valence-electron chi connectivity index (χ1n) is 5.41. The summed E-state index contributed by atoms with van der Waals surface area (Å²) in [5.74, 6) is 0.841. The number of aromatic nitrogens is 2. The highest BCUT2D eigenvalue weighted by atomic mass is 16.5. The lowest BCUT2D eigenvalue weighted by Gasteiger charge is -2.38. The molecule has 2 rings (SSSR count). The lowest BCUT2D eigenvalue weighted by Crippen LogP contribution is -2.48. The second-order valence-electron chi connectivity index (χ2n) is 4.55. The van der Waals surface area contributed by atoms with Gasteiger partial charge in [-0.15, -0.1) is 0 Å². The molecule has 0 aliphatic carbocycles. The first-order valence-corrected chi connectivity index (χ1v) is 5.41. The van der Waals surface area contributed by atoms with Crippen LogP contribution in [0.1, 0.15) is 19.5 Å². The normalized spacial score (nSPS) is 19.8. The Balaban J connectivity index is 2.11. The topological polar surface area (TPSA) is 58.5 Å². The van der Waals surface area contributed by atoms with E-state index in [0.29, 0.717) is 12.3 Å². The van der Waals surface area contributed by atoms with Gasteiger partial charge in [-0.3, -0.25) is 4.98 Å². The van der Waals surface area contributed by atoms with Crippen LogP contribution in [-0.2, 0) is 11.3 Å². The number of aliphatic hydroxyl groups is 1. The number of morpholine rings is 1. The SMILES string of the molecule is CC1(C)CN(c2cnc(CO)cn2)CCO1. The summed E-state index contributed by atoms with van der Waals surface area (Å²) in [5, 5.41) is 8.89. The van der Waals surface area contributed by atoms with Gasteiger partial charge >= 0.3 is 0 Å². The smallest absolute Gasteiger partial charge is 0.147 e. The van der Waals surface area contributed by atoms with Crippen molar-refractivity contribution in [3.8, 4) is 0 Å². The molecule has 1 fully saturated rings. The van der Waals surface area contributed by atoms with Gasteiger partial charge in [0.05, 0.1) is 36.9 Å². The summed E-state index contributed by atoms with van der Waals surface area (Å²) in [6, 6.07) is 0. The molecule has 1 aromatic heterocycles. The minimum atomic E-state index is -0.143. The quantitative estimate of drug-likeness (QED) is 0.795. The molecular weight excluding hydrogens is 206 g/mol. The fourth-order valence-corrected chi connectivity index (χ4v) is 1.80. The lowest BCUT2D eigenvalue weighted by molar-refractivity contribution is -0.0279. The van der Waals surface area contributed by atoms with E-state index < -0.39 is 0 Å². The van der Waals surface area contributed by atoms with Crippen LogP contribution in [0.4, 0.5) is 5.82 Å². The van der Waals surface area contributed by atoms with Gasteiger partial charge in [-0.2, -0.15) is 0 Å². The van der Waals surface area contributed by atoms with Gasteiger partial charge in [-0.1, -0.05) is 0 Å². The summed E-state index contributed by atoms with van der Waals surface area (Å²) in [6.07, 6.45) is 3.31. The first-order chi connectivity index (χ1) is 7.61. The summed E-state index contributed by atoms with van der Waals surface area (Å²) in [6.45, 7) is 6.40. The standard InChI is InChI=1S/C11H17N3O2/c1-11(2)8-14(3-4-16-11)10-6-12-9(7-15)5-13-10/h5-6,15H,3-4,7-8H2,1-2H3. The summed E-state index contributed by atoms with van der Waals surface area (Å²) in [7, 11) is 0. The molecule has 1 aliphatic heterocycles. The molecule has 1 saturated heterocycles. The molecule has 0 saturated carbocycles. The number of aliphatic hydroxyl groups excluding tert-OH is 1. The van der Waals surface area contributed by atoms with Gasteiger partial charge in [0.1, 0.15) is 5.82 Å². The molecule has 0 amide bonds. The number of rotatable bonds is 2. The zero-order chi connectivity index (χ0) is 11.6. The summed E-state index contributed by atoms with van der Waals surface area (Å²) in [4.78, 5) is 10.6. The third-order valence-corrected chi connectivity index (χ3v) is 2.60. The van der Waals surface area contributed by atoms with Gasteiger partial charge in [0.25, 0.3) is 0 Å². The van der Waals surface area contributed by atoms with Crippen molar-refractivity contribution >= 4 is 5.82 Å². The molecule has 0 atom stereocenters. The molecule has 0 aromatic carbocycles. The second-order valence-corrected chi connectivity index (χ2v) is 4.55. The Hall–Kier alpha value is -1.20. The van der Waals surface area contributed by atoms with Crippen LogP contribution in [0.3, 0.4) is 0 Å². The van der Waals surface area contributed by atoms with Gasteiger partial charge in [0.2, 0.25) is 0 Å². The van der Waals surface area contributed by atoms with Crippen molar-refractivity contribution in [1.29, 1.82) is 0 Å². The van der Waals surface area contributed by atoms with E-state index in [2.05, 4.69) is 28.7 Å². The molecule has 5 nitrogen and oxygen atoms in total. The maximum Gasteiger partial charge on any atom is 0.147 e. The zero-order valence-electron chi connectivity index (χ0n) is 9.68. The number of hydrogen-bond acceptors (Lipinski definition) is 5. The summed E-state index contributed by atoms with van der Waals surface area (Å²) in [5.41, 5.74) is 0.450. The Morgan fingerprint density at radius 3 is 2.81 bits per heavy atom. The van der Waals surface area contributed by atoms with Crippen molar-refractivity contribution in [2.24, 2.45) is 0 Å². The monoisotopic (exact) mass is 223 g/mol. The number of hydrogen-bond donors (Lipinski definition) is 1. The highest BCUT2D eigenvalue weighted by molar-refractivity contribution is 5.37. The van der Waals surface area contributed by atoms with Crippen LogP contribution in [0.25, 0.3) is 0 Å². The summed E-state index contributed by atoms with van der Waals surface area (Å²) >= 11 is 0. The van der Waals surface area contributed by atoms with E-state index in [1.165, 1.54) is 0 Å². The fraction of sp³-hybridized carbons (Fsp3) is 0.636. The largest absolute Gasteiger partial charge is 0.390 e. The van der Waals surface area contributed by atoms with Crippen molar-refractivity contribution in [2.45, 2.75) is 26.1 Å². The average molecular weight is 223 g/mol. The van der Waals surface area contributed by atoms with Gasteiger partial charge in [0, 0.05) is 13.1 Å². The average Bonchev–Trinajstić information content (AvgIpc) is 2.28. The van der Waals surface area contributed by atoms with Crippen LogP contribution in [0.2, 0.25) is 0 Å². The second kappa shape index (κ2) is 4.35. The maximum atomic E-state index is 8.89. The van der Waals surface area contributed by atoms with Crippen LogP contribution >= 0.6 is 0 Å². The van der Waals surface area contributed by atoms with Crippen molar-refractivity contribution < 1.29 is 9.84 Å². The molecule has 0 unspecified atom stereocenters. The number of anilines is 1. The van der Waals surface area contributed by atoms with Crippen LogP contribution in [0.5, 0.6) is 0 Å². The van der Waals surface area contributed by atoms with Crippen molar-refractivity contribution in [3.05, 3.63) is 18.1 Å². The van der Waals surface area contributed by atoms with Crippen LogP contribution in [0, 0.1) is 0 Å². The van der Waals surface area contributed by atoms with Crippen molar-refractivity contribution in [2.75, 3.05) is 24.6 Å². The van der Waals surface area contributed by atoms with E-state index in [9.17, 15) is 0 Å². The molecule has 16 heavy (non-hydrogen) atoms. The molecular formula is C11H17N3O2. The molecule has 5 heteroatoms. The molecule has 1 aliphatic rings. The highest BCUT2D eigenvalue weighted by Gasteiger charge is 2.27. The van der Waals surface area contributed by atoms with Gasteiger partial charge in [-0.05, 0) is 13.8 Å². The van der Waals surface area contributed by atoms with Gasteiger partial charge in [-0.25, -0.2) is 4.98 Å². The van der Waals surface area contributed by atoms with E-state index >= 15 is 0 Å². The minimum Gasteiger partial charge on any atom is -0.390 e. The Morgan fingerprint density at radius 1 is 1.44 bits per heavy atom. The van der Waals surface area contributed by atoms with Gasteiger partial charge < -0.3 is 14.7 Å². The molecule has 0 radical (unpaired) electrons. The van der Waals surface area contributed by atoms with Crippen molar-refractivity contribution in [1.82, 2.24) is 9.97 Å². The van der Waals surface area contributed by atoms with Crippen LogP contribution in [0.15, 0.2) is 12.4 Å². The zero-order valence-corrected chi connectivity index (χ0v) is 9.68. The van der Waals surface area contributed by atoms with Crippen LogP contribution in [-0.4, -0.2) is 40.4 Å². The molecule has 0 bridgehead atoms. The summed E-state index contributed by atoms with van der Waals surface area (Å²) < 4.78 is 5.63. The highest BCUT2D eigenvalue weighted by Crippen LogP contribution is 2.20. The molecule has 88 valence electrons. The first kappa shape index (κ1) is 11.3. The third-order valence-electron chi connectivity index (χ3n) is 2.60. The molecule has 0 spiro atoms. The number of ether oxygens (including phenoxy) is 1. The Kier molecular flexibility index (Phi) is 3.07. The van der Waals surface area contributed by atoms with Crippen molar-refractivity contribution in [3.63, 3.8) is 0 Å². The van der Waals surface area contributed by atoms with E-state index in [4.69, 9.17) is 9.84 Å². The molecule has 1 N–H and O–H groups in total. The Morgan fingerprint density at radius 2 is 2.25 bits per heavy atom. The maximum absolute atomic E-state index is 8.89. The molecule has 1 aromatic rings. The van der Waals surface area contributed by atoms with E-state index in [0.717, 1.165) is 18.9 Å². The fourth-order valence-electron chi connectivity index (χ4n) is 1.80. The van der Waals surface area contributed by atoms with E-state index in [1.807, 2.05) is 0 Å². The predicted octanol–water partition coefficient (Wildman–Crippen LogP) is 0.584. The van der Waals surface area contributed by atoms with E-state index in [-0.39, 0.29) is 12.2 Å². The Labute approximate surface area is 95.1 Å².